The van der Waals surface area contributed by atoms with E-state index in [1.54, 1.807) is 24.7 Å². The average molecular weight is 335 g/mol. The summed E-state index contributed by atoms with van der Waals surface area (Å²) in [6.45, 7) is 3.02. The van der Waals surface area contributed by atoms with E-state index in [0.717, 1.165) is 47.7 Å². The molecule has 1 fully saturated rings. The van der Waals surface area contributed by atoms with Crippen molar-refractivity contribution in [2.24, 2.45) is 5.92 Å². The van der Waals surface area contributed by atoms with Gasteiger partial charge in [0.05, 0.1) is 11.2 Å². The largest absolute Gasteiger partial charge is 0.384 e. The van der Waals surface area contributed by atoms with Crippen LogP contribution >= 0.6 is 0 Å². The second-order valence-electron chi connectivity index (χ2n) is 6.35. The van der Waals surface area contributed by atoms with Crippen molar-refractivity contribution in [2.45, 2.75) is 12.8 Å². The van der Waals surface area contributed by atoms with Gasteiger partial charge < -0.3 is 16.4 Å². The molecule has 3 aromatic rings. The van der Waals surface area contributed by atoms with Crippen LogP contribution in [0.3, 0.4) is 0 Å². The highest BCUT2D eigenvalue weighted by Gasteiger charge is 2.15. The standard InChI is InChI=1S/C18H21N7/c19-16-4-3-13(11-23-16)14-8-15-17(22-7-6-21-15)18(25-14)24-10-12-2-1-5-20-9-12/h3-4,6-8,11-12,20H,1-2,5,9-10H2,(H2,19,23)(H,24,25)/t12-/m0/s1. The normalized spacial score (nSPS) is 17.5. The van der Waals surface area contributed by atoms with Crippen LogP contribution in [-0.2, 0) is 0 Å². The zero-order valence-corrected chi connectivity index (χ0v) is 13.9. The van der Waals surface area contributed by atoms with Crippen molar-refractivity contribution >= 4 is 22.7 Å². The Morgan fingerprint density at radius 3 is 2.92 bits per heavy atom. The maximum atomic E-state index is 5.68. The van der Waals surface area contributed by atoms with E-state index in [4.69, 9.17) is 10.7 Å². The maximum absolute atomic E-state index is 5.68. The van der Waals surface area contributed by atoms with E-state index < -0.39 is 0 Å². The van der Waals surface area contributed by atoms with Crippen molar-refractivity contribution in [1.29, 1.82) is 0 Å². The lowest BCUT2D eigenvalue weighted by molar-refractivity contribution is 0.392. The van der Waals surface area contributed by atoms with Gasteiger partial charge in [0.25, 0.3) is 0 Å². The molecule has 3 aromatic heterocycles. The molecule has 4 N–H and O–H groups in total. The Morgan fingerprint density at radius 1 is 1.20 bits per heavy atom. The molecular weight excluding hydrogens is 314 g/mol. The number of nitrogen functional groups attached to an aromatic ring is 1. The predicted octanol–water partition coefficient (Wildman–Crippen LogP) is 2.08. The average Bonchev–Trinajstić information content (AvgIpc) is 2.67. The van der Waals surface area contributed by atoms with Crippen LogP contribution in [-0.4, -0.2) is 39.6 Å². The highest BCUT2D eigenvalue weighted by Crippen LogP contribution is 2.25. The number of aromatic nitrogens is 4. The fraction of sp³-hybridized carbons (Fsp3) is 0.333. The van der Waals surface area contributed by atoms with Gasteiger partial charge in [-0.3, -0.25) is 4.98 Å². The number of hydrogen-bond donors (Lipinski definition) is 3. The Balaban J connectivity index is 1.67. The molecule has 0 spiro atoms. The van der Waals surface area contributed by atoms with Crippen LogP contribution < -0.4 is 16.4 Å². The minimum atomic E-state index is 0.493. The zero-order chi connectivity index (χ0) is 17.1. The minimum Gasteiger partial charge on any atom is -0.384 e. The third kappa shape index (κ3) is 3.51. The van der Waals surface area contributed by atoms with Gasteiger partial charge in [-0.1, -0.05) is 0 Å². The van der Waals surface area contributed by atoms with Crippen LogP contribution in [0.25, 0.3) is 22.3 Å². The summed E-state index contributed by atoms with van der Waals surface area (Å²) in [6.07, 6.45) is 7.57. The smallest absolute Gasteiger partial charge is 0.154 e. The van der Waals surface area contributed by atoms with E-state index in [2.05, 4.69) is 25.6 Å². The SMILES string of the molecule is Nc1ccc(-c2cc3nccnc3c(NC[C@H]3CCCNC3)n2)cn1. The monoisotopic (exact) mass is 335 g/mol. The number of hydrogen-bond acceptors (Lipinski definition) is 7. The first kappa shape index (κ1) is 15.7. The molecule has 0 radical (unpaired) electrons. The summed E-state index contributed by atoms with van der Waals surface area (Å²) in [4.78, 5) is 17.8. The summed E-state index contributed by atoms with van der Waals surface area (Å²) in [5.41, 5.74) is 9.00. The van der Waals surface area contributed by atoms with Crippen LogP contribution in [0.5, 0.6) is 0 Å². The van der Waals surface area contributed by atoms with Gasteiger partial charge in [0.15, 0.2) is 5.82 Å². The van der Waals surface area contributed by atoms with E-state index in [-0.39, 0.29) is 0 Å². The Hall–Kier alpha value is -2.80. The Kier molecular flexibility index (Phi) is 4.39. The molecule has 0 amide bonds. The first-order valence-corrected chi connectivity index (χ1v) is 8.58. The van der Waals surface area contributed by atoms with E-state index >= 15 is 0 Å². The first-order valence-electron chi connectivity index (χ1n) is 8.58. The van der Waals surface area contributed by atoms with Gasteiger partial charge >= 0.3 is 0 Å². The van der Waals surface area contributed by atoms with E-state index in [9.17, 15) is 0 Å². The number of anilines is 2. The Morgan fingerprint density at radius 2 is 2.12 bits per heavy atom. The van der Waals surface area contributed by atoms with Gasteiger partial charge in [-0.15, -0.1) is 0 Å². The molecule has 7 heteroatoms. The summed E-state index contributed by atoms with van der Waals surface area (Å²) < 4.78 is 0. The number of rotatable bonds is 4. The molecule has 1 saturated heterocycles. The fourth-order valence-corrected chi connectivity index (χ4v) is 3.14. The highest BCUT2D eigenvalue weighted by molar-refractivity contribution is 5.88. The van der Waals surface area contributed by atoms with Gasteiger partial charge in [0.1, 0.15) is 11.3 Å². The van der Waals surface area contributed by atoms with Crippen LogP contribution in [0.15, 0.2) is 36.8 Å². The number of nitrogens with zero attached hydrogens (tertiary/aromatic N) is 4. The highest BCUT2D eigenvalue weighted by atomic mass is 15.0. The fourth-order valence-electron chi connectivity index (χ4n) is 3.14. The molecule has 0 aliphatic carbocycles. The number of nitrogens with two attached hydrogens (primary N) is 1. The van der Waals surface area contributed by atoms with Crippen molar-refractivity contribution in [3.8, 4) is 11.3 Å². The lowest BCUT2D eigenvalue weighted by Gasteiger charge is -2.23. The number of piperidine rings is 1. The summed E-state index contributed by atoms with van der Waals surface area (Å²) in [6, 6.07) is 5.63. The summed E-state index contributed by atoms with van der Waals surface area (Å²) in [5.74, 6) is 1.86. The molecule has 0 saturated carbocycles. The van der Waals surface area contributed by atoms with Gasteiger partial charge in [-0.05, 0) is 50.0 Å². The zero-order valence-electron chi connectivity index (χ0n) is 13.9. The summed E-state index contributed by atoms with van der Waals surface area (Å²) in [7, 11) is 0. The second kappa shape index (κ2) is 6.98. The van der Waals surface area contributed by atoms with Crippen LogP contribution in [0.2, 0.25) is 0 Å². The van der Waals surface area contributed by atoms with Crippen LogP contribution in [0.1, 0.15) is 12.8 Å². The topological polar surface area (TPSA) is 102 Å². The quantitative estimate of drug-likeness (QED) is 0.671. The minimum absolute atomic E-state index is 0.493. The lowest BCUT2D eigenvalue weighted by Crippen LogP contribution is -2.33. The molecule has 1 atom stereocenters. The van der Waals surface area contributed by atoms with E-state index in [1.165, 1.54) is 12.8 Å². The molecular formula is C18H21N7. The molecule has 0 aromatic carbocycles. The molecule has 128 valence electrons. The molecule has 1 aliphatic rings. The van der Waals surface area contributed by atoms with Crippen molar-refractivity contribution in [2.75, 3.05) is 30.7 Å². The maximum Gasteiger partial charge on any atom is 0.154 e. The van der Waals surface area contributed by atoms with Gasteiger partial charge in [-0.25, -0.2) is 15.0 Å². The molecule has 25 heavy (non-hydrogen) atoms. The number of fused-ring (bicyclic) bond motifs is 1. The number of pyridine rings is 2. The van der Waals surface area contributed by atoms with E-state index in [1.807, 2.05) is 12.1 Å². The molecule has 7 nitrogen and oxygen atoms in total. The molecule has 0 bridgehead atoms. The first-order chi connectivity index (χ1) is 12.3. The van der Waals surface area contributed by atoms with Crippen molar-refractivity contribution in [1.82, 2.24) is 25.3 Å². The van der Waals surface area contributed by atoms with Crippen molar-refractivity contribution in [3.63, 3.8) is 0 Å². The summed E-state index contributed by atoms with van der Waals surface area (Å²) in [5, 5.41) is 6.92. The van der Waals surface area contributed by atoms with Crippen molar-refractivity contribution < 1.29 is 0 Å². The third-order valence-electron chi connectivity index (χ3n) is 4.50. The van der Waals surface area contributed by atoms with Gasteiger partial charge in [-0.2, -0.15) is 0 Å². The van der Waals surface area contributed by atoms with E-state index in [0.29, 0.717) is 11.7 Å². The van der Waals surface area contributed by atoms with Gasteiger partial charge in [0, 0.05) is 30.7 Å². The lowest BCUT2D eigenvalue weighted by atomic mass is 10.00. The van der Waals surface area contributed by atoms with Crippen molar-refractivity contribution in [3.05, 3.63) is 36.8 Å². The van der Waals surface area contributed by atoms with Crippen LogP contribution in [0, 0.1) is 5.92 Å². The molecule has 4 heterocycles. The Bertz CT molecular complexity index is 857. The van der Waals surface area contributed by atoms with Crippen LogP contribution in [0.4, 0.5) is 11.6 Å². The summed E-state index contributed by atoms with van der Waals surface area (Å²) >= 11 is 0. The van der Waals surface area contributed by atoms with Gasteiger partial charge in [0.2, 0.25) is 0 Å². The predicted molar refractivity (Wildman–Crippen MR) is 99.1 cm³/mol. The third-order valence-corrected chi connectivity index (χ3v) is 4.50. The number of nitrogens with one attached hydrogen (secondary N) is 2. The molecule has 0 unspecified atom stereocenters. The molecule has 4 rings (SSSR count). The second-order valence-corrected chi connectivity index (χ2v) is 6.35. The Labute approximate surface area is 146 Å². The molecule has 1 aliphatic heterocycles.